The molecule has 6 nitrogen and oxygen atoms in total. The molecule has 0 saturated carbocycles. The Kier molecular flexibility index (Phi) is 4.39. The van der Waals surface area contributed by atoms with E-state index in [9.17, 15) is 9.59 Å². The topological polar surface area (TPSA) is 75.9 Å². The Balaban J connectivity index is 0.00000161. The highest BCUT2D eigenvalue weighted by atomic mass is 35.5. The fourth-order valence-corrected chi connectivity index (χ4v) is 2.74. The van der Waals surface area contributed by atoms with Gasteiger partial charge in [-0.05, 0) is 30.7 Å². The minimum atomic E-state index is -0.378. The molecule has 0 aromatic heterocycles. The standard InChI is InChI=1S/C14H17N3O3.ClH/c1-2-16-12-4-3-10(5-9(12)6-13(16)18)17-8-11(7-15)20-14(17)19;/h3-5,11H,2,6-8,15H2,1H3;1H. The number of hydrogen-bond donors (Lipinski definition) is 1. The first-order valence-electron chi connectivity index (χ1n) is 6.75. The van der Waals surface area contributed by atoms with Gasteiger partial charge in [0.05, 0.1) is 13.0 Å². The van der Waals surface area contributed by atoms with E-state index in [-0.39, 0.29) is 30.5 Å². The highest BCUT2D eigenvalue weighted by Gasteiger charge is 2.33. The van der Waals surface area contributed by atoms with Crippen molar-refractivity contribution < 1.29 is 14.3 Å². The Morgan fingerprint density at radius 1 is 1.38 bits per heavy atom. The molecule has 3 rings (SSSR count). The van der Waals surface area contributed by atoms with Crippen LogP contribution in [0.2, 0.25) is 0 Å². The van der Waals surface area contributed by atoms with Gasteiger partial charge >= 0.3 is 6.09 Å². The summed E-state index contributed by atoms with van der Waals surface area (Å²) in [6.07, 6.45) is -0.248. The van der Waals surface area contributed by atoms with E-state index in [2.05, 4.69) is 0 Å². The maximum atomic E-state index is 11.9. The Morgan fingerprint density at radius 3 is 2.76 bits per heavy atom. The average Bonchev–Trinajstić information content (AvgIpc) is 2.96. The maximum absolute atomic E-state index is 11.9. The first kappa shape index (κ1) is 15.6. The minimum Gasteiger partial charge on any atom is -0.443 e. The zero-order valence-corrected chi connectivity index (χ0v) is 12.6. The number of ether oxygens (including phenoxy) is 1. The van der Waals surface area contributed by atoms with Crippen LogP contribution in [-0.2, 0) is 16.0 Å². The number of rotatable bonds is 3. The quantitative estimate of drug-likeness (QED) is 0.913. The van der Waals surface area contributed by atoms with E-state index in [0.717, 1.165) is 16.9 Å². The Labute approximate surface area is 129 Å². The van der Waals surface area contributed by atoms with Crippen molar-refractivity contribution in [3.63, 3.8) is 0 Å². The van der Waals surface area contributed by atoms with Gasteiger partial charge in [-0.15, -0.1) is 12.4 Å². The lowest BCUT2D eigenvalue weighted by molar-refractivity contribution is -0.117. The number of fused-ring (bicyclic) bond motifs is 1. The molecular formula is C14H18ClN3O3. The fraction of sp³-hybridized carbons (Fsp3) is 0.429. The molecule has 1 fully saturated rings. The van der Waals surface area contributed by atoms with E-state index in [0.29, 0.717) is 26.1 Å². The van der Waals surface area contributed by atoms with Crippen LogP contribution in [0.15, 0.2) is 18.2 Å². The van der Waals surface area contributed by atoms with Crippen LogP contribution < -0.4 is 15.5 Å². The molecular weight excluding hydrogens is 294 g/mol. The van der Waals surface area contributed by atoms with Crippen molar-refractivity contribution in [1.82, 2.24) is 0 Å². The Hall–Kier alpha value is -1.79. The summed E-state index contributed by atoms with van der Waals surface area (Å²) in [5, 5.41) is 0. The number of benzene rings is 1. The molecule has 2 aliphatic rings. The van der Waals surface area contributed by atoms with Crippen LogP contribution in [0.3, 0.4) is 0 Å². The summed E-state index contributed by atoms with van der Waals surface area (Å²) in [4.78, 5) is 27.0. The second kappa shape index (κ2) is 5.91. The van der Waals surface area contributed by atoms with E-state index in [1.165, 1.54) is 0 Å². The smallest absolute Gasteiger partial charge is 0.414 e. The van der Waals surface area contributed by atoms with Gasteiger partial charge in [0.15, 0.2) is 0 Å². The molecule has 21 heavy (non-hydrogen) atoms. The third kappa shape index (κ3) is 2.56. The van der Waals surface area contributed by atoms with Gasteiger partial charge in [0.2, 0.25) is 5.91 Å². The first-order chi connectivity index (χ1) is 9.63. The minimum absolute atomic E-state index is 0. The second-order valence-corrected chi connectivity index (χ2v) is 4.98. The summed E-state index contributed by atoms with van der Waals surface area (Å²) in [6, 6.07) is 5.63. The highest BCUT2D eigenvalue weighted by Crippen LogP contribution is 2.33. The van der Waals surface area contributed by atoms with Crippen molar-refractivity contribution in [3.8, 4) is 0 Å². The monoisotopic (exact) mass is 311 g/mol. The van der Waals surface area contributed by atoms with Gasteiger partial charge in [0.25, 0.3) is 0 Å². The lowest BCUT2D eigenvalue weighted by atomic mass is 10.1. The number of hydrogen-bond acceptors (Lipinski definition) is 4. The van der Waals surface area contributed by atoms with Crippen molar-refractivity contribution in [3.05, 3.63) is 23.8 Å². The SMILES string of the molecule is CCN1C(=O)Cc2cc(N3CC(CN)OC3=O)ccc21.Cl. The molecule has 0 spiro atoms. The number of carbonyl (C=O) groups is 2. The molecule has 2 aliphatic heterocycles. The summed E-state index contributed by atoms with van der Waals surface area (Å²) < 4.78 is 5.14. The van der Waals surface area contributed by atoms with E-state index in [1.54, 1.807) is 9.80 Å². The number of nitrogens with zero attached hydrogens (tertiary/aromatic N) is 2. The molecule has 0 aliphatic carbocycles. The summed E-state index contributed by atoms with van der Waals surface area (Å²) in [7, 11) is 0. The van der Waals surface area contributed by atoms with Gasteiger partial charge in [-0.3, -0.25) is 9.69 Å². The molecule has 114 valence electrons. The van der Waals surface area contributed by atoms with E-state index in [1.807, 2.05) is 25.1 Å². The van der Waals surface area contributed by atoms with Crippen molar-refractivity contribution in [2.24, 2.45) is 5.73 Å². The molecule has 1 saturated heterocycles. The van der Waals surface area contributed by atoms with Crippen LogP contribution in [-0.4, -0.2) is 37.7 Å². The molecule has 0 bridgehead atoms. The third-order valence-corrected chi connectivity index (χ3v) is 3.76. The summed E-state index contributed by atoms with van der Waals surface area (Å²) in [6.45, 7) is 3.38. The number of amides is 2. The first-order valence-corrected chi connectivity index (χ1v) is 6.75. The van der Waals surface area contributed by atoms with Crippen molar-refractivity contribution in [2.75, 3.05) is 29.4 Å². The number of anilines is 2. The fourth-order valence-electron chi connectivity index (χ4n) is 2.74. The van der Waals surface area contributed by atoms with Crippen molar-refractivity contribution in [2.45, 2.75) is 19.4 Å². The molecule has 7 heteroatoms. The van der Waals surface area contributed by atoms with Crippen LogP contribution in [0.1, 0.15) is 12.5 Å². The molecule has 2 amide bonds. The van der Waals surface area contributed by atoms with Crippen LogP contribution in [0.4, 0.5) is 16.2 Å². The summed E-state index contributed by atoms with van der Waals surface area (Å²) >= 11 is 0. The molecule has 1 aromatic rings. The number of carbonyl (C=O) groups excluding carboxylic acids is 2. The Morgan fingerprint density at radius 2 is 2.14 bits per heavy atom. The lowest BCUT2D eigenvalue weighted by Crippen LogP contribution is -2.27. The van der Waals surface area contributed by atoms with Gasteiger partial charge in [0.1, 0.15) is 6.10 Å². The van der Waals surface area contributed by atoms with Crippen LogP contribution >= 0.6 is 12.4 Å². The summed E-state index contributed by atoms with van der Waals surface area (Å²) in [5.74, 6) is 0.100. The van der Waals surface area contributed by atoms with Crippen LogP contribution in [0.5, 0.6) is 0 Å². The predicted octanol–water partition coefficient (Wildman–Crippen LogP) is 1.30. The van der Waals surface area contributed by atoms with Gasteiger partial charge in [-0.25, -0.2) is 4.79 Å². The zero-order valence-electron chi connectivity index (χ0n) is 11.7. The van der Waals surface area contributed by atoms with E-state index >= 15 is 0 Å². The largest absolute Gasteiger partial charge is 0.443 e. The number of halogens is 1. The second-order valence-electron chi connectivity index (χ2n) is 4.98. The van der Waals surface area contributed by atoms with Crippen molar-refractivity contribution in [1.29, 1.82) is 0 Å². The number of cyclic esters (lactones) is 1. The normalized spacial score (nSPS) is 20.4. The molecule has 1 unspecified atom stereocenters. The van der Waals surface area contributed by atoms with E-state index in [4.69, 9.17) is 10.5 Å². The lowest BCUT2D eigenvalue weighted by Gasteiger charge is -2.17. The van der Waals surface area contributed by atoms with Crippen molar-refractivity contribution >= 4 is 35.8 Å². The number of nitrogens with two attached hydrogens (primary N) is 1. The summed E-state index contributed by atoms with van der Waals surface area (Å²) in [5.41, 5.74) is 8.18. The third-order valence-electron chi connectivity index (χ3n) is 3.76. The molecule has 1 atom stereocenters. The molecule has 2 N–H and O–H groups in total. The van der Waals surface area contributed by atoms with Gasteiger partial charge < -0.3 is 15.4 Å². The van der Waals surface area contributed by atoms with Gasteiger partial charge in [-0.2, -0.15) is 0 Å². The number of likely N-dealkylation sites (N-methyl/N-ethyl adjacent to an activating group) is 1. The van der Waals surface area contributed by atoms with Gasteiger partial charge in [0, 0.05) is 24.5 Å². The van der Waals surface area contributed by atoms with Crippen LogP contribution in [0.25, 0.3) is 0 Å². The average molecular weight is 312 g/mol. The maximum Gasteiger partial charge on any atom is 0.414 e. The predicted molar refractivity (Wildman–Crippen MR) is 82.1 cm³/mol. The molecule has 1 aromatic carbocycles. The highest BCUT2D eigenvalue weighted by molar-refractivity contribution is 6.02. The van der Waals surface area contributed by atoms with Gasteiger partial charge in [-0.1, -0.05) is 0 Å². The molecule has 0 radical (unpaired) electrons. The molecule has 2 heterocycles. The van der Waals surface area contributed by atoms with E-state index < -0.39 is 0 Å². The zero-order chi connectivity index (χ0) is 14.3. The Bertz CT molecular complexity index is 579. The van der Waals surface area contributed by atoms with Crippen LogP contribution in [0, 0.1) is 0 Å².